The van der Waals surface area contributed by atoms with Gasteiger partial charge in [0.05, 0.1) is 25.4 Å². The second-order valence-electron chi connectivity index (χ2n) is 11.7. The lowest BCUT2D eigenvalue weighted by Crippen LogP contribution is -2.53. The highest BCUT2D eigenvalue weighted by atomic mass is 28.4. The molecule has 2 fully saturated rings. The number of rotatable bonds is 8. The van der Waals surface area contributed by atoms with Crippen LogP contribution in [-0.4, -0.2) is 39.5 Å². The highest BCUT2D eigenvalue weighted by Crippen LogP contribution is 2.44. The maximum absolute atomic E-state index is 6.73. The maximum Gasteiger partial charge on any atom is 0.191 e. The van der Waals surface area contributed by atoms with E-state index in [1.54, 1.807) is 0 Å². The van der Waals surface area contributed by atoms with Crippen LogP contribution in [0.1, 0.15) is 72.3 Å². The summed E-state index contributed by atoms with van der Waals surface area (Å²) in [5, 5.41) is 0.239. The minimum atomic E-state index is -1.73. The Morgan fingerprint density at radius 1 is 0.969 bits per heavy atom. The van der Waals surface area contributed by atoms with E-state index >= 15 is 0 Å². The van der Waals surface area contributed by atoms with Crippen molar-refractivity contribution in [2.24, 2.45) is 11.8 Å². The topological polar surface area (TPSA) is 36.9 Å². The normalized spacial score (nSPS) is 31.7. The van der Waals surface area contributed by atoms with Gasteiger partial charge in [-0.05, 0) is 54.8 Å². The van der Waals surface area contributed by atoms with Gasteiger partial charge < -0.3 is 18.6 Å². The van der Waals surface area contributed by atoms with Crippen molar-refractivity contribution in [3.05, 3.63) is 35.9 Å². The highest BCUT2D eigenvalue weighted by molar-refractivity contribution is 6.74. The molecule has 0 N–H and O–H groups in total. The molecule has 5 heteroatoms. The molecule has 2 saturated heterocycles. The van der Waals surface area contributed by atoms with E-state index < -0.39 is 14.1 Å². The van der Waals surface area contributed by atoms with Crippen LogP contribution in [0.15, 0.2) is 30.3 Å². The molecule has 32 heavy (non-hydrogen) atoms. The van der Waals surface area contributed by atoms with Crippen molar-refractivity contribution in [3.8, 4) is 0 Å². The molecule has 0 aromatic heterocycles. The summed E-state index contributed by atoms with van der Waals surface area (Å²) >= 11 is 0. The Morgan fingerprint density at radius 3 is 2.19 bits per heavy atom. The first-order chi connectivity index (χ1) is 15.0. The second-order valence-corrected chi connectivity index (χ2v) is 16.5. The fourth-order valence-electron chi connectivity index (χ4n) is 4.50. The van der Waals surface area contributed by atoms with Crippen LogP contribution in [0.3, 0.4) is 0 Å². The summed E-state index contributed by atoms with van der Waals surface area (Å²) in [6.45, 7) is 18.2. The Hall–Kier alpha value is -0.723. The van der Waals surface area contributed by atoms with Crippen molar-refractivity contribution in [2.45, 2.75) is 109 Å². The Bertz CT molecular complexity index is 697. The van der Waals surface area contributed by atoms with Gasteiger partial charge in [-0.15, -0.1) is 0 Å². The molecule has 2 aliphatic heterocycles. The van der Waals surface area contributed by atoms with Gasteiger partial charge in [-0.3, -0.25) is 0 Å². The van der Waals surface area contributed by atoms with Crippen molar-refractivity contribution in [3.63, 3.8) is 0 Å². The molecular weight excluding hydrogens is 416 g/mol. The first-order valence-electron chi connectivity index (χ1n) is 12.6. The quantitative estimate of drug-likeness (QED) is 0.392. The number of ether oxygens (including phenoxy) is 3. The molecule has 0 radical (unpaired) electrons. The van der Waals surface area contributed by atoms with Crippen LogP contribution in [0.4, 0.5) is 0 Å². The van der Waals surface area contributed by atoms with Crippen LogP contribution in [0.2, 0.25) is 18.1 Å². The molecular formula is C27H46O4Si. The SMILES string of the molecule is C[C@H]1CC[C@]2(CC[C@H](C)[C@@H](CCO[Si](C)(C)C(C)(C)C)O2)O[C@H]1COCc1ccccc1. The summed E-state index contributed by atoms with van der Waals surface area (Å²) in [6, 6.07) is 10.4. The van der Waals surface area contributed by atoms with Crippen molar-refractivity contribution in [1.29, 1.82) is 0 Å². The number of benzene rings is 1. The zero-order valence-electron chi connectivity index (χ0n) is 21.5. The van der Waals surface area contributed by atoms with E-state index in [0.29, 0.717) is 25.0 Å². The van der Waals surface area contributed by atoms with Crippen LogP contribution in [0.5, 0.6) is 0 Å². The molecule has 0 aliphatic carbocycles. The van der Waals surface area contributed by atoms with Gasteiger partial charge in [-0.25, -0.2) is 0 Å². The highest BCUT2D eigenvalue weighted by Gasteiger charge is 2.46. The average molecular weight is 463 g/mol. The van der Waals surface area contributed by atoms with E-state index in [-0.39, 0.29) is 17.2 Å². The van der Waals surface area contributed by atoms with Gasteiger partial charge in [0.15, 0.2) is 14.1 Å². The van der Waals surface area contributed by atoms with Crippen LogP contribution in [0.25, 0.3) is 0 Å². The van der Waals surface area contributed by atoms with Crippen molar-refractivity contribution >= 4 is 8.32 Å². The summed E-state index contributed by atoms with van der Waals surface area (Å²) in [4.78, 5) is 0. The molecule has 4 nitrogen and oxygen atoms in total. The van der Waals surface area contributed by atoms with E-state index in [0.717, 1.165) is 38.7 Å². The summed E-state index contributed by atoms with van der Waals surface area (Å²) in [5.41, 5.74) is 1.20. The van der Waals surface area contributed by atoms with E-state index in [1.807, 2.05) is 6.07 Å². The predicted molar refractivity (Wildman–Crippen MR) is 133 cm³/mol. The van der Waals surface area contributed by atoms with Crippen LogP contribution >= 0.6 is 0 Å². The molecule has 0 saturated carbocycles. The molecule has 3 rings (SSSR count). The third kappa shape index (κ3) is 6.66. The van der Waals surface area contributed by atoms with Gasteiger partial charge in [-0.2, -0.15) is 0 Å². The maximum atomic E-state index is 6.73. The summed E-state index contributed by atoms with van der Waals surface area (Å²) < 4.78 is 25.9. The van der Waals surface area contributed by atoms with Crippen LogP contribution in [-0.2, 0) is 25.2 Å². The van der Waals surface area contributed by atoms with Crippen LogP contribution in [0, 0.1) is 11.8 Å². The standard InChI is InChI=1S/C27H46O4Si/c1-21-13-16-27(30-24(21)15-18-29-32(6,7)26(3,4)5)17-14-22(2)25(31-27)20-28-19-23-11-9-8-10-12-23/h8-12,21-22,24-25H,13-20H2,1-7H3/t21-,22-,24+,25-,27-/m0/s1. The zero-order chi connectivity index (χ0) is 23.4. The zero-order valence-corrected chi connectivity index (χ0v) is 22.5. The summed E-state index contributed by atoms with van der Waals surface area (Å²) in [6.07, 6.45) is 5.48. The number of hydrogen-bond donors (Lipinski definition) is 0. The lowest BCUT2D eigenvalue weighted by Gasteiger charge is -2.49. The van der Waals surface area contributed by atoms with Gasteiger partial charge in [0.25, 0.3) is 0 Å². The molecule has 0 bridgehead atoms. The molecule has 2 heterocycles. The molecule has 5 atom stereocenters. The predicted octanol–water partition coefficient (Wildman–Crippen LogP) is 6.94. The largest absolute Gasteiger partial charge is 0.417 e. The fraction of sp³-hybridized carbons (Fsp3) is 0.778. The van der Waals surface area contributed by atoms with Gasteiger partial charge in [-0.1, -0.05) is 65.0 Å². The Labute approximate surface area is 197 Å². The molecule has 2 aliphatic rings. The first-order valence-corrected chi connectivity index (χ1v) is 15.5. The molecule has 182 valence electrons. The van der Waals surface area contributed by atoms with Gasteiger partial charge in [0, 0.05) is 19.4 Å². The van der Waals surface area contributed by atoms with Gasteiger partial charge in [0.1, 0.15) is 0 Å². The minimum absolute atomic E-state index is 0.0880. The first kappa shape index (κ1) is 25.9. The third-order valence-electron chi connectivity index (χ3n) is 8.03. The fourth-order valence-corrected chi connectivity index (χ4v) is 5.56. The summed E-state index contributed by atoms with van der Waals surface area (Å²) in [7, 11) is -1.73. The van der Waals surface area contributed by atoms with Crippen LogP contribution < -0.4 is 0 Å². The Morgan fingerprint density at radius 2 is 1.56 bits per heavy atom. The minimum Gasteiger partial charge on any atom is -0.417 e. The van der Waals surface area contributed by atoms with Gasteiger partial charge >= 0.3 is 0 Å². The smallest absolute Gasteiger partial charge is 0.191 e. The van der Waals surface area contributed by atoms with Crippen molar-refractivity contribution < 1.29 is 18.6 Å². The average Bonchev–Trinajstić information content (AvgIpc) is 2.73. The van der Waals surface area contributed by atoms with E-state index in [1.165, 1.54) is 5.56 Å². The van der Waals surface area contributed by atoms with E-state index in [2.05, 4.69) is 72.0 Å². The molecule has 0 unspecified atom stereocenters. The van der Waals surface area contributed by atoms with Crippen molar-refractivity contribution in [2.75, 3.05) is 13.2 Å². The monoisotopic (exact) mass is 462 g/mol. The second kappa shape index (κ2) is 10.7. The lowest BCUT2D eigenvalue weighted by atomic mass is 9.84. The molecule has 1 aromatic carbocycles. The Balaban J connectivity index is 1.53. The van der Waals surface area contributed by atoms with Crippen molar-refractivity contribution in [1.82, 2.24) is 0 Å². The molecule has 1 aromatic rings. The molecule has 1 spiro atoms. The Kier molecular flexibility index (Phi) is 8.65. The van der Waals surface area contributed by atoms with Gasteiger partial charge in [0.2, 0.25) is 0 Å². The molecule has 0 amide bonds. The van der Waals surface area contributed by atoms with E-state index in [9.17, 15) is 0 Å². The number of hydrogen-bond acceptors (Lipinski definition) is 4. The lowest BCUT2D eigenvalue weighted by molar-refractivity contribution is -0.336. The third-order valence-corrected chi connectivity index (χ3v) is 12.6. The van der Waals surface area contributed by atoms with E-state index in [4.69, 9.17) is 18.6 Å². The summed E-state index contributed by atoms with van der Waals surface area (Å²) in [5.74, 6) is 0.584.